The van der Waals surface area contributed by atoms with Crippen molar-refractivity contribution in [3.63, 3.8) is 0 Å². The number of nitrogens with two attached hydrogens (primary N) is 1. The molecule has 0 aliphatic rings. The molecule has 0 spiro atoms. The molecule has 1 heterocycles. The molecular formula is C21H18FN3O5. The zero-order chi connectivity index (χ0) is 21.8. The van der Waals surface area contributed by atoms with Crippen molar-refractivity contribution in [1.82, 2.24) is 9.13 Å². The van der Waals surface area contributed by atoms with Crippen LogP contribution in [-0.2, 0) is 18.3 Å². The molecule has 0 unspecified atom stereocenters. The summed E-state index contributed by atoms with van der Waals surface area (Å²) >= 11 is 0. The van der Waals surface area contributed by atoms with Crippen LogP contribution in [0.2, 0.25) is 0 Å². The fourth-order valence-corrected chi connectivity index (χ4v) is 2.87. The van der Waals surface area contributed by atoms with Gasteiger partial charge in [0.05, 0.1) is 12.1 Å². The third-order valence-corrected chi connectivity index (χ3v) is 4.47. The normalized spacial score (nSPS) is 10.6. The maximum Gasteiger partial charge on any atom is 0.341 e. The lowest BCUT2D eigenvalue weighted by Crippen LogP contribution is -2.43. The van der Waals surface area contributed by atoms with Gasteiger partial charge >= 0.3 is 11.7 Å². The maximum atomic E-state index is 13.7. The van der Waals surface area contributed by atoms with Crippen LogP contribution in [0, 0.1) is 5.82 Å². The maximum absolute atomic E-state index is 13.7. The number of carbonyl (C=O) groups excluding carboxylic acids is 2. The van der Waals surface area contributed by atoms with Gasteiger partial charge in [0.2, 0.25) is 5.78 Å². The van der Waals surface area contributed by atoms with Gasteiger partial charge in [0.25, 0.3) is 5.56 Å². The Morgan fingerprint density at radius 2 is 1.67 bits per heavy atom. The van der Waals surface area contributed by atoms with Gasteiger partial charge in [-0.15, -0.1) is 0 Å². The molecule has 0 amide bonds. The summed E-state index contributed by atoms with van der Waals surface area (Å²) in [4.78, 5) is 49.6. The van der Waals surface area contributed by atoms with E-state index in [0.29, 0.717) is 0 Å². The molecule has 3 rings (SSSR count). The summed E-state index contributed by atoms with van der Waals surface area (Å²) < 4.78 is 20.4. The molecular weight excluding hydrogens is 393 g/mol. The van der Waals surface area contributed by atoms with Crippen molar-refractivity contribution < 1.29 is 18.7 Å². The molecule has 0 aliphatic carbocycles. The van der Waals surface area contributed by atoms with Gasteiger partial charge in [0.15, 0.2) is 6.61 Å². The van der Waals surface area contributed by atoms with E-state index in [-0.39, 0.29) is 17.9 Å². The number of nitrogen functional groups attached to an aromatic ring is 1. The predicted octanol–water partition coefficient (Wildman–Crippen LogP) is 1.36. The minimum atomic E-state index is -1.06. The first kappa shape index (κ1) is 20.7. The Kier molecular flexibility index (Phi) is 5.91. The molecule has 8 nitrogen and oxygen atoms in total. The van der Waals surface area contributed by atoms with Crippen molar-refractivity contribution in [2.75, 3.05) is 12.3 Å². The summed E-state index contributed by atoms with van der Waals surface area (Å²) in [6.45, 7) is -0.801. The first-order valence-electron chi connectivity index (χ1n) is 8.89. The topological polar surface area (TPSA) is 113 Å². The number of ketones is 1. The molecule has 0 bridgehead atoms. The number of hydrogen-bond donors (Lipinski definition) is 1. The van der Waals surface area contributed by atoms with Crippen LogP contribution in [0.25, 0.3) is 0 Å². The highest BCUT2D eigenvalue weighted by molar-refractivity contribution is 6.02. The van der Waals surface area contributed by atoms with E-state index in [0.717, 1.165) is 20.8 Å². The van der Waals surface area contributed by atoms with Gasteiger partial charge in [-0.05, 0) is 17.7 Å². The molecule has 154 valence electrons. The Bertz CT molecular complexity index is 1230. The van der Waals surface area contributed by atoms with Crippen molar-refractivity contribution in [1.29, 1.82) is 0 Å². The van der Waals surface area contributed by atoms with Crippen LogP contribution in [-0.4, -0.2) is 27.5 Å². The van der Waals surface area contributed by atoms with Crippen molar-refractivity contribution in [3.05, 3.63) is 97.9 Å². The molecule has 30 heavy (non-hydrogen) atoms. The highest BCUT2D eigenvalue weighted by Gasteiger charge is 2.23. The number of aromatic nitrogens is 2. The monoisotopic (exact) mass is 411 g/mol. The molecule has 1 aromatic heterocycles. The van der Waals surface area contributed by atoms with E-state index in [1.165, 1.54) is 25.2 Å². The van der Waals surface area contributed by atoms with Gasteiger partial charge in [0.1, 0.15) is 17.2 Å². The number of anilines is 1. The highest BCUT2D eigenvalue weighted by atomic mass is 19.1. The summed E-state index contributed by atoms with van der Waals surface area (Å²) in [7, 11) is 1.22. The lowest BCUT2D eigenvalue weighted by atomic mass is 10.1. The number of esters is 1. The van der Waals surface area contributed by atoms with Crippen molar-refractivity contribution in [2.24, 2.45) is 7.05 Å². The summed E-state index contributed by atoms with van der Waals surface area (Å²) in [5, 5.41) is 0. The molecule has 0 aliphatic heterocycles. The van der Waals surface area contributed by atoms with Crippen LogP contribution >= 0.6 is 0 Å². The second kappa shape index (κ2) is 8.56. The number of nitrogens with zero attached hydrogens (tertiary/aromatic N) is 2. The van der Waals surface area contributed by atoms with Crippen LogP contribution in [0.15, 0.2) is 64.2 Å². The van der Waals surface area contributed by atoms with Gasteiger partial charge in [-0.25, -0.2) is 14.0 Å². The molecule has 9 heteroatoms. The molecule has 3 aromatic rings. The molecule has 0 atom stereocenters. The Hall–Kier alpha value is -4.01. The smallest absolute Gasteiger partial charge is 0.341 e. The van der Waals surface area contributed by atoms with Gasteiger partial charge < -0.3 is 10.5 Å². The van der Waals surface area contributed by atoms with E-state index < -0.39 is 41.0 Å². The van der Waals surface area contributed by atoms with E-state index in [9.17, 15) is 23.6 Å². The summed E-state index contributed by atoms with van der Waals surface area (Å²) in [6.07, 6.45) is 0. The average Bonchev–Trinajstić information content (AvgIpc) is 2.75. The van der Waals surface area contributed by atoms with Gasteiger partial charge in [-0.3, -0.25) is 18.7 Å². The number of carbonyl (C=O) groups is 2. The number of rotatable bonds is 6. The van der Waals surface area contributed by atoms with E-state index >= 15 is 0 Å². The van der Waals surface area contributed by atoms with Crippen LogP contribution in [0.4, 0.5) is 10.2 Å². The first-order chi connectivity index (χ1) is 14.3. The van der Waals surface area contributed by atoms with Gasteiger partial charge in [-0.2, -0.15) is 0 Å². The zero-order valence-electron chi connectivity index (χ0n) is 16.0. The van der Waals surface area contributed by atoms with E-state index in [1.807, 2.05) is 0 Å². The predicted molar refractivity (Wildman–Crippen MR) is 107 cm³/mol. The summed E-state index contributed by atoms with van der Waals surface area (Å²) in [5.41, 5.74) is 4.28. The fraction of sp³-hybridized carbons (Fsp3) is 0.143. The minimum absolute atomic E-state index is 0.0366. The van der Waals surface area contributed by atoms with Crippen LogP contribution < -0.4 is 17.0 Å². The van der Waals surface area contributed by atoms with Gasteiger partial charge in [0, 0.05) is 7.05 Å². The van der Waals surface area contributed by atoms with Crippen LogP contribution in [0.5, 0.6) is 0 Å². The highest BCUT2D eigenvalue weighted by Crippen LogP contribution is 2.11. The second-order valence-corrected chi connectivity index (χ2v) is 6.46. The molecule has 0 saturated heterocycles. The average molecular weight is 411 g/mol. The minimum Gasteiger partial charge on any atom is -0.454 e. The molecule has 0 radical (unpaired) electrons. The zero-order valence-corrected chi connectivity index (χ0v) is 16.0. The molecule has 2 aromatic carbocycles. The number of ether oxygens (including phenoxy) is 1. The number of Topliss-reactive ketones (excluding diaryl/α,β-unsaturated/α-hetero) is 1. The standard InChI is InChI=1S/C21H18FN3O5/c1-24-19(27)17(16(26)12-30-20(28)14-9-5-6-10-15(14)22)18(23)25(21(24)29)11-13-7-3-2-4-8-13/h2-10H,11-12,23H2,1H3. The lowest BCUT2D eigenvalue weighted by Gasteiger charge is -2.14. The second-order valence-electron chi connectivity index (χ2n) is 6.46. The molecule has 0 fully saturated rings. The Morgan fingerprint density at radius 3 is 2.33 bits per heavy atom. The van der Waals surface area contributed by atoms with Crippen molar-refractivity contribution in [2.45, 2.75) is 6.54 Å². The van der Waals surface area contributed by atoms with Crippen LogP contribution in [0.3, 0.4) is 0 Å². The quantitative estimate of drug-likeness (QED) is 0.484. The number of hydrogen-bond acceptors (Lipinski definition) is 6. The fourth-order valence-electron chi connectivity index (χ4n) is 2.87. The third-order valence-electron chi connectivity index (χ3n) is 4.47. The molecule has 2 N–H and O–H groups in total. The van der Waals surface area contributed by atoms with E-state index in [1.54, 1.807) is 30.3 Å². The molecule has 0 saturated carbocycles. The van der Waals surface area contributed by atoms with E-state index in [2.05, 4.69) is 0 Å². The SMILES string of the molecule is Cn1c(=O)c(C(=O)COC(=O)c2ccccc2F)c(N)n(Cc2ccccc2)c1=O. The Labute approximate surface area is 169 Å². The Balaban J connectivity index is 1.90. The van der Waals surface area contributed by atoms with Crippen molar-refractivity contribution >= 4 is 17.6 Å². The summed E-state index contributed by atoms with van der Waals surface area (Å²) in [6, 6.07) is 14.0. The summed E-state index contributed by atoms with van der Waals surface area (Å²) in [5.74, 6) is -3.10. The van der Waals surface area contributed by atoms with Crippen molar-refractivity contribution in [3.8, 4) is 0 Å². The van der Waals surface area contributed by atoms with E-state index in [4.69, 9.17) is 10.5 Å². The lowest BCUT2D eigenvalue weighted by molar-refractivity contribution is 0.0469. The number of halogens is 1. The number of benzene rings is 2. The van der Waals surface area contributed by atoms with Gasteiger partial charge in [-0.1, -0.05) is 42.5 Å². The first-order valence-corrected chi connectivity index (χ1v) is 8.89. The third kappa shape index (κ3) is 4.04. The Morgan fingerprint density at radius 1 is 1.03 bits per heavy atom. The largest absolute Gasteiger partial charge is 0.454 e. The van der Waals surface area contributed by atoms with Crippen LogP contribution in [0.1, 0.15) is 26.3 Å².